The summed E-state index contributed by atoms with van der Waals surface area (Å²) in [4.78, 5) is 37.1. The van der Waals surface area contributed by atoms with E-state index in [1.54, 1.807) is 0 Å². The van der Waals surface area contributed by atoms with Gasteiger partial charge in [0.15, 0.2) is 0 Å². The van der Waals surface area contributed by atoms with Crippen LogP contribution in [0, 0.1) is 11.8 Å². The van der Waals surface area contributed by atoms with E-state index in [-0.39, 0.29) is 31.0 Å². The highest BCUT2D eigenvalue weighted by molar-refractivity contribution is 5.85. The Labute approximate surface area is 230 Å². The highest BCUT2D eigenvalue weighted by atomic mass is 16.6. The van der Waals surface area contributed by atoms with Gasteiger partial charge in [0, 0.05) is 6.54 Å². The molecule has 10 nitrogen and oxygen atoms in total. The molecule has 3 atom stereocenters. The lowest BCUT2D eigenvalue weighted by Gasteiger charge is -2.28. The summed E-state index contributed by atoms with van der Waals surface area (Å²) in [5.41, 5.74) is 1.72. The van der Waals surface area contributed by atoms with E-state index in [1.807, 2.05) is 88.4 Å². The van der Waals surface area contributed by atoms with Gasteiger partial charge >= 0.3 is 12.2 Å². The molecule has 0 aliphatic rings. The standard InChI is InChI=1S/C29H42N4O6/c1-20(2)24(32-28(36)38-18-22-12-7-5-8-13-22)26(34)30-16-11-17-31-27(35)25(21(3)4)33-29(37)39-19-23-14-9-6-10-15-23/h5-10,12-15,20-21,24-26,30,34H,11,16-19H2,1-4H3,(H,31,35)(H,32,36)(H,33,37). The lowest BCUT2D eigenvalue weighted by atomic mass is 10.0. The Kier molecular flexibility index (Phi) is 13.8. The maximum Gasteiger partial charge on any atom is 0.408 e. The minimum absolute atomic E-state index is 0.0593. The molecule has 10 heteroatoms. The van der Waals surface area contributed by atoms with Crippen molar-refractivity contribution in [3.05, 3.63) is 71.8 Å². The molecule has 0 saturated carbocycles. The van der Waals surface area contributed by atoms with Gasteiger partial charge in [-0.2, -0.15) is 0 Å². The summed E-state index contributed by atoms with van der Waals surface area (Å²) < 4.78 is 10.5. The van der Waals surface area contributed by atoms with E-state index < -0.39 is 30.5 Å². The topological polar surface area (TPSA) is 138 Å². The average molecular weight is 543 g/mol. The molecule has 0 spiro atoms. The quantitative estimate of drug-likeness (QED) is 0.172. The fourth-order valence-corrected chi connectivity index (χ4v) is 3.72. The van der Waals surface area contributed by atoms with E-state index in [0.29, 0.717) is 19.5 Å². The molecule has 0 aliphatic heterocycles. The predicted molar refractivity (Wildman–Crippen MR) is 148 cm³/mol. The lowest BCUT2D eigenvalue weighted by Crippen LogP contribution is -2.53. The van der Waals surface area contributed by atoms with E-state index >= 15 is 0 Å². The maximum absolute atomic E-state index is 12.7. The van der Waals surface area contributed by atoms with Crippen LogP contribution in [0.15, 0.2) is 60.7 Å². The van der Waals surface area contributed by atoms with Crippen molar-refractivity contribution in [3.63, 3.8) is 0 Å². The van der Waals surface area contributed by atoms with Crippen LogP contribution in [-0.2, 0) is 27.5 Å². The van der Waals surface area contributed by atoms with Gasteiger partial charge in [0.05, 0.1) is 6.04 Å². The number of alkyl carbamates (subject to hydrolysis) is 2. The fraction of sp³-hybridized carbons (Fsp3) is 0.483. The van der Waals surface area contributed by atoms with Crippen molar-refractivity contribution in [2.45, 2.75) is 65.6 Å². The monoisotopic (exact) mass is 542 g/mol. The Morgan fingerprint density at radius 2 is 1.26 bits per heavy atom. The predicted octanol–water partition coefficient (Wildman–Crippen LogP) is 3.30. The minimum Gasteiger partial charge on any atom is -0.445 e. The van der Waals surface area contributed by atoms with Crippen LogP contribution in [0.4, 0.5) is 9.59 Å². The second-order valence-electron chi connectivity index (χ2n) is 9.95. The van der Waals surface area contributed by atoms with E-state index in [9.17, 15) is 19.5 Å². The van der Waals surface area contributed by atoms with Crippen molar-refractivity contribution in [1.82, 2.24) is 21.3 Å². The van der Waals surface area contributed by atoms with Gasteiger partial charge in [-0.25, -0.2) is 9.59 Å². The van der Waals surface area contributed by atoms with Gasteiger partial charge in [-0.3, -0.25) is 10.1 Å². The zero-order chi connectivity index (χ0) is 28.6. The number of aliphatic hydroxyl groups excluding tert-OH is 1. The summed E-state index contributed by atoms with van der Waals surface area (Å²) in [6.07, 6.45) is -1.75. The average Bonchev–Trinajstić information content (AvgIpc) is 2.92. The van der Waals surface area contributed by atoms with Crippen molar-refractivity contribution in [1.29, 1.82) is 0 Å². The van der Waals surface area contributed by atoms with Crippen molar-refractivity contribution in [2.75, 3.05) is 13.1 Å². The zero-order valence-corrected chi connectivity index (χ0v) is 23.2. The van der Waals surface area contributed by atoms with Gasteiger partial charge in [-0.1, -0.05) is 88.4 Å². The molecule has 0 bridgehead atoms. The van der Waals surface area contributed by atoms with Gasteiger partial charge in [0.2, 0.25) is 5.91 Å². The molecule has 2 aromatic rings. The Morgan fingerprint density at radius 1 is 0.744 bits per heavy atom. The number of carbonyl (C=O) groups excluding carboxylic acids is 3. The lowest BCUT2D eigenvalue weighted by molar-refractivity contribution is -0.124. The van der Waals surface area contributed by atoms with Gasteiger partial charge < -0.3 is 30.5 Å². The van der Waals surface area contributed by atoms with Crippen molar-refractivity contribution >= 4 is 18.1 Å². The van der Waals surface area contributed by atoms with E-state index in [1.165, 1.54) is 0 Å². The van der Waals surface area contributed by atoms with Crippen LogP contribution in [0.1, 0.15) is 45.2 Å². The first-order valence-corrected chi connectivity index (χ1v) is 13.3. The van der Waals surface area contributed by atoms with Crippen LogP contribution in [0.5, 0.6) is 0 Å². The highest BCUT2D eigenvalue weighted by Crippen LogP contribution is 2.08. The number of carbonyl (C=O) groups is 3. The van der Waals surface area contributed by atoms with Gasteiger partial charge in [0.25, 0.3) is 0 Å². The van der Waals surface area contributed by atoms with Crippen molar-refractivity contribution < 1.29 is 29.0 Å². The van der Waals surface area contributed by atoms with Gasteiger partial charge in [0.1, 0.15) is 25.5 Å². The largest absolute Gasteiger partial charge is 0.445 e. The van der Waals surface area contributed by atoms with Crippen LogP contribution in [0.3, 0.4) is 0 Å². The molecule has 3 unspecified atom stereocenters. The van der Waals surface area contributed by atoms with Crippen LogP contribution in [0.25, 0.3) is 0 Å². The van der Waals surface area contributed by atoms with Gasteiger partial charge in [-0.15, -0.1) is 0 Å². The Balaban J connectivity index is 1.69. The third kappa shape index (κ3) is 12.2. The molecule has 0 aliphatic carbocycles. The summed E-state index contributed by atoms with van der Waals surface area (Å²) in [5, 5.41) is 21.7. The molecule has 0 saturated heterocycles. The zero-order valence-electron chi connectivity index (χ0n) is 23.2. The molecular formula is C29H42N4O6. The van der Waals surface area contributed by atoms with Crippen molar-refractivity contribution in [2.24, 2.45) is 11.8 Å². The first-order chi connectivity index (χ1) is 18.7. The first-order valence-electron chi connectivity index (χ1n) is 13.3. The molecule has 0 aromatic heterocycles. The molecule has 0 fully saturated rings. The molecule has 2 rings (SSSR count). The number of rotatable bonds is 15. The molecule has 0 radical (unpaired) electrons. The molecular weight excluding hydrogens is 500 g/mol. The summed E-state index contributed by atoms with van der Waals surface area (Å²) in [7, 11) is 0. The fourth-order valence-electron chi connectivity index (χ4n) is 3.72. The third-order valence-corrected chi connectivity index (χ3v) is 6.00. The summed E-state index contributed by atoms with van der Waals surface area (Å²) >= 11 is 0. The number of aliphatic hydroxyl groups is 1. The second-order valence-corrected chi connectivity index (χ2v) is 9.95. The summed E-state index contributed by atoms with van der Waals surface area (Å²) in [6.45, 7) is 8.43. The SMILES string of the molecule is CC(C)C(NC(=O)OCc1ccccc1)C(=O)NCCCNC(O)C(NC(=O)OCc1ccccc1)C(C)C. The number of ether oxygens (including phenoxy) is 2. The summed E-state index contributed by atoms with van der Waals surface area (Å²) in [6, 6.07) is 17.3. The van der Waals surface area contributed by atoms with E-state index in [4.69, 9.17) is 9.47 Å². The second kappa shape index (κ2) is 17.1. The number of nitrogens with one attached hydrogen (secondary N) is 4. The van der Waals surface area contributed by atoms with Crippen LogP contribution in [-0.4, -0.2) is 54.6 Å². The molecule has 2 aromatic carbocycles. The van der Waals surface area contributed by atoms with E-state index in [0.717, 1.165) is 11.1 Å². The van der Waals surface area contributed by atoms with Crippen LogP contribution >= 0.6 is 0 Å². The van der Waals surface area contributed by atoms with Crippen molar-refractivity contribution in [3.8, 4) is 0 Å². The highest BCUT2D eigenvalue weighted by Gasteiger charge is 2.26. The number of hydrogen-bond donors (Lipinski definition) is 5. The molecule has 214 valence electrons. The smallest absolute Gasteiger partial charge is 0.408 e. The number of hydrogen-bond acceptors (Lipinski definition) is 7. The minimum atomic E-state index is -1.01. The molecule has 0 heterocycles. The number of benzene rings is 2. The molecule has 5 N–H and O–H groups in total. The summed E-state index contributed by atoms with van der Waals surface area (Å²) in [5.74, 6) is -0.519. The Hall–Kier alpha value is -3.63. The normalized spacial score (nSPS) is 13.3. The third-order valence-electron chi connectivity index (χ3n) is 6.00. The van der Waals surface area contributed by atoms with Gasteiger partial charge in [-0.05, 0) is 35.9 Å². The van der Waals surface area contributed by atoms with Crippen LogP contribution in [0.2, 0.25) is 0 Å². The Bertz CT molecular complexity index is 1000. The van der Waals surface area contributed by atoms with E-state index in [2.05, 4.69) is 21.3 Å². The Morgan fingerprint density at radius 3 is 1.74 bits per heavy atom. The molecule has 39 heavy (non-hydrogen) atoms. The van der Waals surface area contributed by atoms with Crippen LogP contribution < -0.4 is 21.3 Å². The molecule has 3 amide bonds. The number of amides is 3. The first kappa shape index (κ1) is 31.6. The maximum atomic E-state index is 12.7.